The zero-order chi connectivity index (χ0) is 13.9. The molecule has 0 spiro atoms. The van der Waals surface area contributed by atoms with E-state index in [-0.39, 0.29) is 0 Å². The second kappa shape index (κ2) is 5.78. The van der Waals surface area contributed by atoms with Crippen molar-refractivity contribution in [3.05, 3.63) is 72.8 Å². The zero-order valence-corrected chi connectivity index (χ0v) is 12.6. The molecule has 0 saturated carbocycles. The van der Waals surface area contributed by atoms with Crippen molar-refractivity contribution >= 4 is 25.3 Å². The summed E-state index contributed by atoms with van der Waals surface area (Å²) in [6.45, 7) is 0. The smallest absolute Gasteiger partial charge is 0.00404 e. The van der Waals surface area contributed by atoms with Gasteiger partial charge < -0.3 is 0 Å². The van der Waals surface area contributed by atoms with Gasteiger partial charge in [0.25, 0.3) is 0 Å². The first-order valence-corrected chi connectivity index (χ1v) is 7.31. The van der Waals surface area contributed by atoms with E-state index >= 15 is 0 Å². The largest absolute Gasteiger partial charge is 0.143 e. The van der Waals surface area contributed by atoms with Crippen LogP contribution in [-0.2, 0) is 0 Å². The summed E-state index contributed by atoms with van der Waals surface area (Å²) in [4.78, 5) is 1.96. The molecule has 0 aliphatic rings. The molecule has 98 valence electrons. The normalized spacial score (nSPS) is 10.5. The first kappa shape index (κ1) is 13.3. The van der Waals surface area contributed by atoms with Gasteiger partial charge in [0.15, 0.2) is 0 Å². The number of hydrogen-bond acceptors (Lipinski definition) is 2. The summed E-state index contributed by atoms with van der Waals surface area (Å²) < 4.78 is 0. The standard InChI is InChI=1S/C18H14S2/c19-17-8-4-13(5-9-17)15-2-1-3-16(12-15)14-6-10-18(20)11-7-14/h1-12,19-20H. The maximum atomic E-state index is 4.32. The third-order valence-electron chi connectivity index (χ3n) is 3.26. The molecule has 0 nitrogen and oxygen atoms in total. The molecular weight excluding hydrogens is 280 g/mol. The van der Waals surface area contributed by atoms with Crippen molar-refractivity contribution in [2.75, 3.05) is 0 Å². The Morgan fingerprint density at radius 3 is 1.25 bits per heavy atom. The fourth-order valence-electron chi connectivity index (χ4n) is 2.19. The average Bonchev–Trinajstić information content (AvgIpc) is 2.49. The molecule has 0 saturated heterocycles. The Labute approximate surface area is 130 Å². The number of benzene rings is 3. The van der Waals surface area contributed by atoms with Crippen molar-refractivity contribution in [3.8, 4) is 22.3 Å². The fraction of sp³-hybridized carbons (Fsp3) is 0. The second-order valence-electron chi connectivity index (χ2n) is 4.67. The first-order chi connectivity index (χ1) is 9.72. The maximum absolute atomic E-state index is 4.32. The topological polar surface area (TPSA) is 0 Å². The Kier molecular flexibility index (Phi) is 3.86. The highest BCUT2D eigenvalue weighted by molar-refractivity contribution is 7.80. The van der Waals surface area contributed by atoms with Crippen LogP contribution in [0.15, 0.2) is 82.6 Å². The summed E-state index contributed by atoms with van der Waals surface area (Å²) in [5.41, 5.74) is 4.84. The molecule has 3 aromatic rings. The summed E-state index contributed by atoms with van der Waals surface area (Å²) >= 11 is 8.65. The van der Waals surface area contributed by atoms with Crippen LogP contribution in [-0.4, -0.2) is 0 Å². The van der Waals surface area contributed by atoms with E-state index < -0.39 is 0 Å². The summed E-state index contributed by atoms with van der Waals surface area (Å²) in [7, 11) is 0. The van der Waals surface area contributed by atoms with Crippen LogP contribution in [0.25, 0.3) is 22.3 Å². The van der Waals surface area contributed by atoms with Crippen LogP contribution in [0.1, 0.15) is 0 Å². The molecule has 0 heterocycles. The summed E-state index contributed by atoms with van der Waals surface area (Å²) in [6, 6.07) is 25.0. The summed E-state index contributed by atoms with van der Waals surface area (Å²) in [5.74, 6) is 0. The van der Waals surface area contributed by atoms with Crippen LogP contribution in [0.5, 0.6) is 0 Å². The van der Waals surface area contributed by atoms with Gasteiger partial charge in [0.05, 0.1) is 0 Å². The Bertz CT molecular complexity index is 652. The molecule has 0 aliphatic heterocycles. The fourth-order valence-corrected chi connectivity index (χ4v) is 2.48. The van der Waals surface area contributed by atoms with Crippen molar-refractivity contribution in [1.29, 1.82) is 0 Å². The van der Waals surface area contributed by atoms with Gasteiger partial charge in [-0.15, -0.1) is 25.3 Å². The molecular formula is C18H14S2. The van der Waals surface area contributed by atoms with E-state index in [1.54, 1.807) is 0 Å². The minimum absolute atomic E-state index is 0.981. The van der Waals surface area contributed by atoms with E-state index in [9.17, 15) is 0 Å². The zero-order valence-electron chi connectivity index (χ0n) is 10.8. The van der Waals surface area contributed by atoms with Gasteiger partial charge in [0, 0.05) is 9.79 Å². The Balaban J connectivity index is 2.01. The molecule has 0 fully saturated rings. The molecule has 0 atom stereocenters. The molecule has 0 bridgehead atoms. The number of hydrogen-bond donors (Lipinski definition) is 2. The highest BCUT2D eigenvalue weighted by Gasteiger charge is 2.01. The van der Waals surface area contributed by atoms with E-state index in [1.165, 1.54) is 22.3 Å². The van der Waals surface area contributed by atoms with Gasteiger partial charge in [0.1, 0.15) is 0 Å². The number of rotatable bonds is 2. The van der Waals surface area contributed by atoms with Crippen LogP contribution >= 0.6 is 25.3 Å². The first-order valence-electron chi connectivity index (χ1n) is 6.41. The van der Waals surface area contributed by atoms with Crippen molar-refractivity contribution < 1.29 is 0 Å². The highest BCUT2D eigenvalue weighted by Crippen LogP contribution is 2.27. The van der Waals surface area contributed by atoms with Crippen molar-refractivity contribution in [1.82, 2.24) is 0 Å². The Morgan fingerprint density at radius 2 is 0.850 bits per heavy atom. The molecule has 20 heavy (non-hydrogen) atoms. The molecule has 3 rings (SSSR count). The molecule has 0 N–H and O–H groups in total. The molecule has 0 unspecified atom stereocenters. The van der Waals surface area contributed by atoms with E-state index in [4.69, 9.17) is 0 Å². The van der Waals surface area contributed by atoms with Crippen molar-refractivity contribution in [2.45, 2.75) is 9.79 Å². The van der Waals surface area contributed by atoms with E-state index in [0.29, 0.717) is 0 Å². The molecule has 2 heteroatoms. The summed E-state index contributed by atoms with van der Waals surface area (Å²) in [5, 5.41) is 0. The predicted octanol–water partition coefficient (Wildman–Crippen LogP) is 5.60. The molecule has 0 aromatic heterocycles. The summed E-state index contributed by atoms with van der Waals surface area (Å²) in [6.07, 6.45) is 0. The van der Waals surface area contributed by atoms with Crippen molar-refractivity contribution in [3.63, 3.8) is 0 Å². The third kappa shape index (κ3) is 2.92. The second-order valence-corrected chi connectivity index (χ2v) is 5.71. The maximum Gasteiger partial charge on any atom is 0.00404 e. The average molecular weight is 294 g/mol. The van der Waals surface area contributed by atoms with E-state index in [0.717, 1.165) is 9.79 Å². The van der Waals surface area contributed by atoms with Gasteiger partial charge in [-0.05, 0) is 52.6 Å². The number of thiol groups is 2. The van der Waals surface area contributed by atoms with E-state index in [1.807, 2.05) is 24.3 Å². The minimum atomic E-state index is 0.981. The van der Waals surface area contributed by atoms with Crippen LogP contribution in [0.3, 0.4) is 0 Å². The lowest BCUT2D eigenvalue weighted by Crippen LogP contribution is -1.81. The van der Waals surface area contributed by atoms with Gasteiger partial charge in [-0.25, -0.2) is 0 Å². The van der Waals surface area contributed by atoms with Gasteiger partial charge >= 0.3 is 0 Å². The van der Waals surface area contributed by atoms with Crippen LogP contribution in [0, 0.1) is 0 Å². The van der Waals surface area contributed by atoms with Crippen LogP contribution < -0.4 is 0 Å². The highest BCUT2D eigenvalue weighted by atomic mass is 32.1. The third-order valence-corrected chi connectivity index (χ3v) is 3.86. The predicted molar refractivity (Wildman–Crippen MR) is 91.8 cm³/mol. The lowest BCUT2D eigenvalue weighted by molar-refractivity contribution is 1.46. The van der Waals surface area contributed by atoms with E-state index in [2.05, 4.69) is 73.8 Å². The lowest BCUT2D eigenvalue weighted by atomic mass is 9.99. The van der Waals surface area contributed by atoms with Gasteiger partial charge in [-0.3, -0.25) is 0 Å². The van der Waals surface area contributed by atoms with Gasteiger partial charge in [-0.2, -0.15) is 0 Å². The van der Waals surface area contributed by atoms with Crippen molar-refractivity contribution in [2.24, 2.45) is 0 Å². The molecule has 0 amide bonds. The van der Waals surface area contributed by atoms with Crippen LogP contribution in [0.2, 0.25) is 0 Å². The Morgan fingerprint density at radius 1 is 0.450 bits per heavy atom. The van der Waals surface area contributed by atoms with Gasteiger partial charge in [-0.1, -0.05) is 42.5 Å². The molecule has 0 radical (unpaired) electrons. The monoisotopic (exact) mass is 294 g/mol. The van der Waals surface area contributed by atoms with Crippen LogP contribution in [0.4, 0.5) is 0 Å². The molecule has 3 aromatic carbocycles. The quantitative estimate of drug-likeness (QED) is 0.565. The lowest BCUT2D eigenvalue weighted by Gasteiger charge is -2.06. The Hall–Kier alpha value is -1.64. The minimum Gasteiger partial charge on any atom is -0.143 e. The van der Waals surface area contributed by atoms with Gasteiger partial charge in [0.2, 0.25) is 0 Å². The molecule has 0 aliphatic carbocycles. The SMILES string of the molecule is Sc1ccc(-c2cccc(-c3ccc(S)cc3)c2)cc1.